The third-order valence-electron chi connectivity index (χ3n) is 7.18. The molecule has 8 nitrogen and oxygen atoms in total. The van der Waals surface area contributed by atoms with E-state index in [-0.39, 0.29) is 28.4 Å². The molecule has 1 heterocycles. The van der Waals surface area contributed by atoms with Crippen LogP contribution in [0, 0.1) is 28.1 Å². The highest BCUT2D eigenvalue weighted by Gasteiger charge is 2.44. The maximum atomic E-state index is 13.7. The fraction of sp³-hybridized carbons (Fsp3) is 0.387. The molecule has 0 fully saturated rings. The Balaban J connectivity index is 1.82. The predicted octanol–water partition coefficient (Wildman–Crippen LogP) is 5.57. The molecular weight excluding hydrogens is 528 g/mol. The molecule has 0 radical (unpaired) electrons. The number of halogens is 1. The number of ketones is 1. The first-order chi connectivity index (χ1) is 19.1. The summed E-state index contributed by atoms with van der Waals surface area (Å²) in [6.07, 6.45) is 0.976. The zero-order chi connectivity index (χ0) is 29.0. The predicted molar refractivity (Wildman–Crippen MR) is 151 cm³/mol. The molecule has 1 aliphatic heterocycles. The molecule has 0 bridgehead atoms. The summed E-state index contributed by atoms with van der Waals surface area (Å²) in [6, 6.07) is 15.1. The molecule has 2 N–H and O–H groups in total. The van der Waals surface area contributed by atoms with E-state index in [4.69, 9.17) is 31.5 Å². The summed E-state index contributed by atoms with van der Waals surface area (Å²) in [5.74, 6) is 0.270. The molecule has 4 rings (SSSR count). The number of allylic oxidation sites excluding steroid dienone is 3. The van der Waals surface area contributed by atoms with E-state index >= 15 is 0 Å². The first-order valence-electron chi connectivity index (χ1n) is 13.1. The second-order valence-corrected chi connectivity index (χ2v) is 11.0. The third-order valence-corrected chi connectivity index (χ3v) is 7.46. The molecule has 0 aromatic heterocycles. The van der Waals surface area contributed by atoms with E-state index in [1.807, 2.05) is 24.0 Å². The summed E-state index contributed by atoms with van der Waals surface area (Å²) in [4.78, 5) is 15.5. The van der Waals surface area contributed by atoms with Gasteiger partial charge >= 0.3 is 0 Å². The van der Waals surface area contributed by atoms with Gasteiger partial charge in [0, 0.05) is 36.9 Å². The number of nitriles is 2. The molecule has 0 amide bonds. The molecule has 1 atom stereocenters. The molecular formula is C31H33ClN4O4. The van der Waals surface area contributed by atoms with Gasteiger partial charge in [-0.1, -0.05) is 43.6 Å². The van der Waals surface area contributed by atoms with E-state index in [0.29, 0.717) is 72.2 Å². The molecule has 2 aromatic rings. The molecule has 0 saturated carbocycles. The number of nitrogens with zero attached hydrogens (tertiary/aromatic N) is 3. The summed E-state index contributed by atoms with van der Waals surface area (Å²) < 4.78 is 17.3. The second kappa shape index (κ2) is 12.0. The van der Waals surface area contributed by atoms with Crippen molar-refractivity contribution in [2.24, 2.45) is 11.1 Å². The molecule has 0 unspecified atom stereocenters. The molecule has 0 saturated heterocycles. The summed E-state index contributed by atoms with van der Waals surface area (Å²) >= 11 is 6.78. The van der Waals surface area contributed by atoms with Crippen LogP contribution in [0.25, 0.3) is 0 Å². The average molecular weight is 561 g/mol. The lowest BCUT2D eigenvalue weighted by Gasteiger charge is -2.43. The van der Waals surface area contributed by atoms with Crippen LogP contribution in [0.15, 0.2) is 59.1 Å². The van der Waals surface area contributed by atoms with Crippen LogP contribution in [0.1, 0.15) is 56.2 Å². The van der Waals surface area contributed by atoms with Crippen LogP contribution in [0.3, 0.4) is 0 Å². The van der Waals surface area contributed by atoms with Crippen LogP contribution in [-0.4, -0.2) is 37.6 Å². The van der Waals surface area contributed by atoms with Gasteiger partial charge in [0.05, 0.1) is 47.4 Å². The van der Waals surface area contributed by atoms with Crippen LogP contribution >= 0.6 is 11.6 Å². The number of Topliss-reactive ketones (excluding diaryl/α,β-unsaturated/α-hetero) is 1. The molecule has 9 heteroatoms. The van der Waals surface area contributed by atoms with Gasteiger partial charge in [0.25, 0.3) is 0 Å². The number of hydrogen-bond donors (Lipinski definition) is 1. The number of benzene rings is 2. The quantitative estimate of drug-likeness (QED) is 0.422. The minimum Gasteiger partial charge on any atom is -0.490 e. The Morgan fingerprint density at radius 2 is 1.90 bits per heavy atom. The normalized spacial score (nSPS) is 18.2. The van der Waals surface area contributed by atoms with Gasteiger partial charge in [-0.3, -0.25) is 4.79 Å². The van der Waals surface area contributed by atoms with Crippen molar-refractivity contribution in [1.29, 1.82) is 10.5 Å². The van der Waals surface area contributed by atoms with Crippen molar-refractivity contribution in [2.75, 3.05) is 26.9 Å². The fourth-order valence-electron chi connectivity index (χ4n) is 5.41. The molecule has 2 aliphatic rings. The number of rotatable bonds is 9. The zero-order valence-corrected chi connectivity index (χ0v) is 24.0. The second-order valence-electron chi connectivity index (χ2n) is 10.6. The highest BCUT2D eigenvalue weighted by Crippen LogP contribution is 2.50. The summed E-state index contributed by atoms with van der Waals surface area (Å²) in [7, 11) is 1.60. The van der Waals surface area contributed by atoms with Crippen molar-refractivity contribution < 1.29 is 19.0 Å². The van der Waals surface area contributed by atoms with Crippen LogP contribution in [0.5, 0.6) is 11.5 Å². The van der Waals surface area contributed by atoms with Crippen LogP contribution in [-0.2, 0) is 16.1 Å². The largest absolute Gasteiger partial charge is 0.490 e. The molecule has 1 aliphatic carbocycles. The third kappa shape index (κ3) is 5.65. The monoisotopic (exact) mass is 560 g/mol. The number of carbonyl (C=O) groups excluding carboxylic acids is 1. The zero-order valence-electron chi connectivity index (χ0n) is 23.2. The number of ether oxygens (including phenoxy) is 3. The van der Waals surface area contributed by atoms with Gasteiger partial charge in [-0.2, -0.15) is 10.5 Å². The highest BCUT2D eigenvalue weighted by molar-refractivity contribution is 6.32. The standard InChI is InChI=1S/C31H33ClN4O4/c1-5-39-26-13-21(12-23(32)29(26)40-18-20-9-7-6-8-19(20)16-33)27-22(17-34)30(35)36(10-11-38-4)24-14-31(2,3)15-25(37)28(24)27/h6-9,12-13,27H,5,10-11,14-15,18,35H2,1-4H3/t27-/m1/s1. The van der Waals surface area contributed by atoms with Crippen molar-refractivity contribution in [2.45, 2.75) is 46.1 Å². The van der Waals surface area contributed by atoms with Gasteiger partial charge in [-0.05, 0) is 42.5 Å². The lowest BCUT2D eigenvalue weighted by molar-refractivity contribution is -0.118. The Bertz CT molecular complexity index is 1460. The lowest BCUT2D eigenvalue weighted by Crippen LogP contribution is -2.43. The number of carbonyl (C=O) groups is 1. The number of hydrogen-bond acceptors (Lipinski definition) is 8. The minimum atomic E-state index is -0.701. The Morgan fingerprint density at radius 1 is 1.15 bits per heavy atom. The Morgan fingerprint density at radius 3 is 2.58 bits per heavy atom. The molecule has 208 valence electrons. The maximum absolute atomic E-state index is 13.7. The first kappa shape index (κ1) is 29.0. The van der Waals surface area contributed by atoms with E-state index in [9.17, 15) is 15.3 Å². The molecule has 0 spiro atoms. The van der Waals surface area contributed by atoms with Gasteiger partial charge in [-0.25, -0.2) is 0 Å². The topological polar surface area (TPSA) is 122 Å². The van der Waals surface area contributed by atoms with E-state index in [1.165, 1.54) is 0 Å². The summed E-state index contributed by atoms with van der Waals surface area (Å²) in [5.41, 5.74) is 9.82. The Labute approximate surface area is 240 Å². The summed E-state index contributed by atoms with van der Waals surface area (Å²) in [6.45, 7) is 7.21. The van der Waals surface area contributed by atoms with E-state index < -0.39 is 5.92 Å². The lowest BCUT2D eigenvalue weighted by atomic mass is 9.68. The van der Waals surface area contributed by atoms with Crippen LogP contribution in [0.4, 0.5) is 0 Å². The number of methoxy groups -OCH3 is 1. The van der Waals surface area contributed by atoms with E-state index in [0.717, 1.165) is 5.70 Å². The Hall–Kier alpha value is -3.98. The summed E-state index contributed by atoms with van der Waals surface area (Å²) in [5, 5.41) is 20.0. The van der Waals surface area contributed by atoms with Crippen LogP contribution in [0.2, 0.25) is 5.02 Å². The van der Waals surface area contributed by atoms with Gasteiger partial charge < -0.3 is 24.8 Å². The van der Waals surface area contributed by atoms with Gasteiger partial charge in [0.2, 0.25) is 0 Å². The van der Waals surface area contributed by atoms with E-state index in [2.05, 4.69) is 26.0 Å². The van der Waals surface area contributed by atoms with Crippen molar-refractivity contribution in [3.05, 3.63) is 80.8 Å². The minimum absolute atomic E-state index is 0.0264. The number of nitrogens with two attached hydrogens (primary N) is 1. The molecule has 2 aromatic carbocycles. The SMILES string of the molecule is CCOc1cc([C@@H]2C(C#N)=C(N)N(CCOC)C3=C2C(=O)CC(C)(C)C3)cc(Cl)c1OCc1ccccc1C#N. The van der Waals surface area contributed by atoms with Gasteiger partial charge in [0.15, 0.2) is 17.3 Å². The smallest absolute Gasteiger partial charge is 0.180 e. The first-order valence-corrected chi connectivity index (χ1v) is 13.5. The van der Waals surface area contributed by atoms with E-state index in [1.54, 1.807) is 31.4 Å². The fourth-order valence-corrected chi connectivity index (χ4v) is 5.68. The van der Waals surface area contributed by atoms with Gasteiger partial charge in [-0.15, -0.1) is 0 Å². The van der Waals surface area contributed by atoms with Crippen LogP contribution < -0.4 is 15.2 Å². The van der Waals surface area contributed by atoms with Crippen molar-refractivity contribution in [1.82, 2.24) is 4.90 Å². The van der Waals surface area contributed by atoms with Gasteiger partial charge in [0.1, 0.15) is 12.4 Å². The highest BCUT2D eigenvalue weighted by atomic mass is 35.5. The van der Waals surface area contributed by atoms with Crippen molar-refractivity contribution in [3.63, 3.8) is 0 Å². The Kier molecular flexibility index (Phi) is 8.73. The van der Waals surface area contributed by atoms with Crippen molar-refractivity contribution in [3.8, 4) is 23.6 Å². The molecule has 40 heavy (non-hydrogen) atoms. The van der Waals surface area contributed by atoms with Crippen molar-refractivity contribution >= 4 is 17.4 Å². The maximum Gasteiger partial charge on any atom is 0.180 e. The average Bonchev–Trinajstić information content (AvgIpc) is 2.91.